The van der Waals surface area contributed by atoms with Crippen LogP contribution in [-0.2, 0) is 4.74 Å². The summed E-state index contributed by atoms with van der Waals surface area (Å²) in [5.74, 6) is 0.960. The van der Waals surface area contributed by atoms with Gasteiger partial charge in [0.2, 0.25) is 0 Å². The number of benzene rings is 1. The third-order valence-corrected chi connectivity index (χ3v) is 4.35. The summed E-state index contributed by atoms with van der Waals surface area (Å²) in [4.78, 5) is 0. The molecule has 1 aliphatic carbocycles. The van der Waals surface area contributed by atoms with Gasteiger partial charge in [-0.15, -0.1) is 0 Å². The van der Waals surface area contributed by atoms with Gasteiger partial charge in [0.1, 0.15) is 5.76 Å². The van der Waals surface area contributed by atoms with Gasteiger partial charge in [-0.2, -0.15) is 0 Å². The first kappa shape index (κ1) is 14.4. The summed E-state index contributed by atoms with van der Waals surface area (Å²) in [5, 5.41) is 3.76. The van der Waals surface area contributed by atoms with Crippen molar-refractivity contribution in [1.29, 1.82) is 0 Å². The van der Waals surface area contributed by atoms with E-state index < -0.39 is 0 Å². The molecule has 0 saturated heterocycles. The van der Waals surface area contributed by atoms with Crippen molar-refractivity contribution in [3.63, 3.8) is 0 Å². The molecule has 1 N–H and O–H groups in total. The van der Waals surface area contributed by atoms with Gasteiger partial charge in [-0.3, -0.25) is 5.32 Å². The lowest BCUT2D eigenvalue weighted by Crippen LogP contribution is -2.44. The first-order valence-electron chi connectivity index (χ1n) is 7.75. The standard InChI is InChI=1S/C18H23NO2/c1-20-16-11-6-5-10-15(16)19-18(17-12-7-13-21-17)14-8-3-2-4-9-14/h2-4,7-9,12-13,15-16,18-19H,5-6,10-11H2,1H3. The van der Waals surface area contributed by atoms with Crippen LogP contribution in [0.15, 0.2) is 53.1 Å². The van der Waals surface area contributed by atoms with Crippen LogP contribution >= 0.6 is 0 Å². The molecule has 1 fully saturated rings. The summed E-state index contributed by atoms with van der Waals surface area (Å²) in [7, 11) is 1.81. The Hall–Kier alpha value is -1.58. The van der Waals surface area contributed by atoms with Gasteiger partial charge in [-0.05, 0) is 30.5 Å². The van der Waals surface area contributed by atoms with Crippen LogP contribution in [0.4, 0.5) is 0 Å². The van der Waals surface area contributed by atoms with Crippen LogP contribution in [0.3, 0.4) is 0 Å². The topological polar surface area (TPSA) is 34.4 Å². The van der Waals surface area contributed by atoms with Crippen LogP contribution in [0.5, 0.6) is 0 Å². The minimum absolute atomic E-state index is 0.0851. The van der Waals surface area contributed by atoms with E-state index in [1.54, 1.807) is 6.26 Å². The van der Waals surface area contributed by atoms with E-state index in [1.807, 2.05) is 25.3 Å². The Labute approximate surface area is 126 Å². The zero-order valence-electron chi connectivity index (χ0n) is 12.5. The minimum Gasteiger partial charge on any atom is -0.467 e. The van der Waals surface area contributed by atoms with E-state index in [0.717, 1.165) is 18.6 Å². The minimum atomic E-state index is 0.0851. The van der Waals surface area contributed by atoms with Crippen LogP contribution in [0, 0.1) is 0 Å². The SMILES string of the molecule is COC1CCCCC1NC(c1ccccc1)c1ccco1. The molecule has 2 aromatic rings. The zero-order chi connectivity index (χ0) is 14.5. The molecule has 1 heterocycles. The second-order valence-corrected chi connectivity index (χ2v) is 5.69. The van der Waals surface area contributed by atoms with Crippen LogP contribution in [0.25, 0.3) is 0 Å². The molecule has 0 amide bonds. The second-order valence-electron chi connectivity index (χ2n) is 5.69. The highest BCUT2D eigenvalue weighted by atomic mass is 16.5. The largest absolute Gasteiger partial charge is 0.467 e. The Kier molecular flexibility index (Phi) is 4.73. The van der Waals surface area contributed by atoms with Crippen molar-refractivity contribution in [2.45, 2.75) is 43.9 Å². The van der Waals surface area contributed by atoms with Gasteiger partial charge in [-0.25, -0.2) is 0 Å². The number of ether oxygens (including phenoxy) is 1. The Morgan fingerprint density at radius 1 is 1.10 bits per heavy atom. The van der Waals surface area contributed by atoms with Gasteiger partial charge in [0.05, 0.1) is 18.4 Å². The third-order valence-electron chi connectivity index (χ3n) is 4.35. The van der Waals surface area contributed by atoms with Crippen molar-refractivity contribution >= 4 is 0 Å². The molecule has 0 radical (unpaired) electrons. The molecule has 3 heteroatoms. The van der Waals surface area contributed by atoms with Gasteiger partial charge >= 0.3 is 0 Å². The molecule has 3 unspecified atom stereocenters. The van der Waals surface area contributed by atoms with Crippen molar-refractivity contribution < 1.29 is 9.15 Å². The summed E-state index contributed by atoms with van der Waals surface area (Å²) in [6.45, 7) is 0. The molecule has 0 bridgehead atoms. The van der Waals surface area contributed by atoms with Crippen molar-refractivity contribution in [1.82, 2.24) is 5.32 Å². The first-order chi connectivity index (χ1) is 10.4. The summed E-state index contributed by atoms with van der Waals surface area (Å²) in [5.41, 5.74) is 1.23. The molecular formula is C18H23NO2. The molecule has 112 valence electrons. The number of furan rings is 1. The smallest absolute Gasteiger partial charge is 0.125 e. The van der Waals surface area contributed by atoms with E-state index in [1.165, 1.54) is 18.4 Å². The molecule has 21 heavy (non-hydrogen) atoms. The van der Waals surface area contributed by atoms with Crippen LogP contribution in [-0.4, -0.2) is 19.3 Å². The van der Waals surface area contributed by atoms with E-state index in [9.17, 15) is 0 Å². The molecular weight excluding hydrogens is 262 g/mol. The van der Waals surface area contributed by atoms with Crippen molar-refractivity contribution in [3.8, 4) is 0 Å². The molecule has 3 rings (SSSR count). The number of rotatable bonds is 5. The van der Waals surface area contributed by atoms with Gasteiger partial charge in [0.15, 0.2) is 0 Å². The maximum atomic E-state index is 5.66. The predicted molar refractivity (Wildman–Crippen MR) is 83.2 cm³/mol. The highest BCUT2D eigenvalue weighted by Gasteiger charge is 2.28. The lowest BCUT2D eigenvalue weighted by molar-refractivity contribution is 0.0384. The highest BCUT2D eigenvalue weighted by Crippen LogP contribution is 2.27. The van der Waals surface area contributed by atoms with Crippen molar-refractivity contribution in [2.24, 2.45) is 0 Å². The van der Waals surface area contributed by atoms with E-state index in [2.05, 4.69) is 29.6 Å². The fraction of sp³-hybridized carbons (Fsp3) is 0.444. The fourth-order valence-electron chi connectivity index (χ4n) is 3.23. The van der Waals surface area contributed by atoms with Crippen LogP contribution in [0.1, 0.15) is 43.0 Å². The van der Waals surface area contributed by atoms with E-state index >= 15 is 0 Å². The number of hydrogen-bond donors (Lipinski definition) is 1. The summed E-state index contributed by atoms with van der Waals surface area (Å²) < 4.78 is 11.3. The van der Waals surface area contributed by atoms with Gasteiger partial charge in [0.25, 0.3) is 0 Å². The zero-order valence-corrected chi connectivity index (χ0v) is 12.5. The summed E-state index contributed by atoms with van der Waals surface area (Å²) in [6.07, 6.45) is 6.84. The molecule has 1 saturated carbocycles. The Balaban J connectivity index is 1.82. The normalized spacial score (nSPS) is 23.9. The number of methoxy groups -OCH3 is 1. The monoisotopic (exact) mass is 285 g/mol. The maximum absolute atomic E-state index is 5.66. The Bertz CT molecular complexity index is 523. The molecule has 1 aliphatic rings. The van der Waals surface area contributed by atoms with Crippen LogP contribution in [0.2, 0.25) is 0 Å². The van der Waals surface area contributed by atoms with E-state index in [4.69, 9.17) is 9.15 Å². The number of nitrogens with one attached hydrogen (secondary N) is 1. The third kappa shape index (κ3) is 3.36. The average molecular weight is 285 g/mol. The lowest BCUT2D eigenvalue weighted by Gasteiger charge is -2.34. The first-order valence-corrected chi connectivity index (χ1v) is 7.75. The average Bonchev–Trinajstić information content (AvgIpc) is 3.08. The predicted octanol–water partition coefficient (Wildman–Crippen LogP) is 3.92. The molecule has 3 atom stereocenters. The summed E-state index contributed by atoms with van der Waals surface area (Å²) in [6, 6.07) is 14.9. The maximum Gasteiger partial charge on any atom is 0.125 e. The molecule has 1 aromatic heterocycles. The van der Waals surface area contributed by atoms with E-state index in [0.29, 0.717) is 12.1 Å². The van der Waals surface area contributed by atoms with Crippen molar-refractivity contribution in [3.05, 3.63) is 60.1 Å². The van der Waals surface area contributed by atoms with E-state index in [-0.39, 0.29) is 6.04 Å². The quantitative estimate of drug-likeness (QED) is 0.904. The number of hydrogen-bond acceptors (Lipinski definition) is 3. The van der Waals surface area contributed by atoms with Crippen LogP contribution < -0.4 is 5.32 Å². The van der Waals surface area contributed by atoms with Crippen molar-refractivity contribution in [2.75, 3.05) is 7.11 Å². The molecule has 0 spiro atoms. The second kappa shape index (κ2) is 6.92. The Morgan fingerprint density at radius 3 is 2.62 bits per heavy atom. The highest BCUT2D eigenvalue weighted by molar-refractivity contribution is 5.26. The Morgan fingerprint density at radius 2 is 1.90 bits per heavy atom. The van der Waals surface area contributed by atoms with Gasteiger partial charge in [0, 0.05) is 13.2 Å². The van der Waals surface area contributed by atoms with Gasteiger partial charge < -0.3 is 9.15 Å². The molecule has 0 aliphatic heterocycles. The molecule has 3 nitrogen and oxygen atoms in total. The van der Waals surface area contributed by atoms with Gasteiger partial charge in [-0.1, -0.05) is 43.2 Å². The fourth-order valence-corrected chi connectivity index (χ4v) is 3.23. The lowest BCUT2D eigenvalue weighted by atomic mass is 9.90. The molecule has 1 aromatic carbocycles. The summed E-state index contributed by atoms with van der Waals surface area (Å²) >= 11 is 0.